The van der Waals surface area contributed by atoms with Crippen molar-refractivity contribution in [1.82, 2.24) is 0 Å². The molecule has 3 atom stereocenters. The van der Waals surface area contributed by atoms with E-state index in [-0.39, 0.29) is 11.5 Å². The number of hydrogen-bond donors (Lipinski definition) is 1. The van der Waals surface area contributed by atoms with E-state index in [1.54, 1.807) is 0 Å². The molecule has 0 heterocycles. The van der Waals surface area contributed by atoms with E-state index in [0.29, 0.717) is 11.8 Å². The second-order valence-electron chi connectivity index (χ2n) is 5.27. The average molecular weight is 238 g/mol. The third-order valence-corrected chi connectivity index (χ3v) is 4.38. The van der Waals surface area contributed by atoms with Crippen LogP contribution in [0, 0.1) is 29.4 Å². The minimum absolute atomic E-state index is 0.0731. The van der Waals surface area contributed by atoms with Gasteiger partial charge >= 0.3 is 0 Å². The Morgan fingerprint density at radius 2 is 1.59 bits per heavy atom. The molecule has 0 saturated heterocycles. The van der Waals surface area contributed by atoms with E-state index in [1.807, 2.05) is 0 Å². The highest BCUT2D eigenvalue weighted by atomic mass is 19.1. The zero-order valence-electron chi connectivity index (χ0n) is 9.57. The molecular formula is C14H16F2O. The molecular weight excluding hydrogens is 222 g/mol. The molecule has 3 heteroatoms. The van der Waals surface area contributed by atoms with Crippen molar-refractivity contribution < 1.29 is 13.9 Å². The standard InChI is InChI=1S/C14H16F2O/c15-10-6-3-7-11(16)13(10)14(17)12-8-4-1-2-5-9(8)12/h3,6-9,12,14,17H,1-2,4-5H2. The number of aliphatic hydroxyl groups excluding tert-OH is 1. The highest BCUT2D eigenvalue weighted by Crippen LogP contribution is 2.60. The van der Waals surface area contributed by atoms with E-state index >= 15 is 0 Å². The lowest BCUT2D eigenvalue weighted by atomic mass is 10.0. The molecule has 1 aromatic rings. The number of aliphatic hydroxyl groups is 1. The molecule has 0 amide bonds. The van der Waals surface area contributed by atoms with Crippen molar-refractivity contribution in [3.05, 3.63) is 35.4 Å². The molecule has 0 spiro atoms. The minimum Gasteiger partial charge on any atom is -0.388 e. The van der Waals surface area contributed by atoms with Gasteiger partial charge in [-0.15, -0.1) is 0 Å². The number of hydrogen-bond acceptors (Lipinski definition) is 1. The molecule has 3 rings (SSSR count). The highest BCUT2D eigenvalue weighted by molar-refractivity contribution is 5.25. The number of halogens is 2. The van der Waals surface area contributed by atoms with Gasteiger partial charge in [0.25, 0.3) is 0 Å². The Morgan fingerprint density at radius 1 is 1.06 bits per heavy atom. The van der Waals surface area contributed by atoms with Crippen molar-refractivity contribution in [1.29, 1.82) is 0 Å². The van der Waals surface area contributed by atoms with E-state index in [2.05, 4.69) is 0 Å². The molecule has 92 valence electrons. The molecule has 2 saturated carbocycles. The van der Waals surface area contributed by atoms with E-state index in [1.165, 1.54) is 31.0 Å². The summed E-state index contributed by atoms with van der Waals surface area (Å²) >= 11 is 0. The smallest absolute Gasteiger partial charge is 0.131 e. The summed E-state index contributed by atoms with van der Waals surface area (Å²) in [6, 6.07) is 3.77. The van der Waals surface area contributed by atoms with Crippen LogP contribution in [0.1, 0.15) is 37.4 Å². The van der Waals surface area contributed by atoms with Crippen molar-refractivity contribution in [3.8, 4) is 0 Å². The van der Waals surface area contributed by atoms with Gasteiger partial charge in [-0.05, 0) is 42.7 Å². The second-order valence-corrected chi connectivity index (χ2v) is 5.27. The summed E-state index contributed by atoms with van der Waals surface area (Å²) in [7, 11) is 0. The molecule has 2 aliphatic rings. The van der Waals surface area contributed by atoms with Crippen molar-refractivity contribution in [3.63, 3.8) is 0 Å². The maximum atomic E-state index is 13.6. The van der Waals surface area contributed by atoms with Gasteiger partial charge in [-0.3, -0.25) is 0 Å². The molecule has 2 aliphatic carbocycles. The van der Waals surface area contributed by atoms with Crippen molar-refractivity contribution in [2.45, 2.75) is 31.8 Å². The molecule has 0 radical (unpaired) electrons. The molecule has 3 unspecified atom stereocenters. The van der Waals surface area contributed by atoms with Gasteiger partial charge in [-0.2, -0.15) is 0 Å². The Balaban J connectivity index is 1.85. The van der Waals surface area contributed by atoms with Gasteiger partial charge in [0.1, 0.15) is 11.6 Å². The van der Waals surface area contributed by atoms with Crippen LogP contribution >= 0.6 is 0 Å². The Morgan fingerprint density at radius 3 is 2.12 bits per heavy atom. The molecule has 0 aliphatic heterocycles. The van der Waals surface area contributed by atoms with Crippen LogP contribution in [-0.2, 0) is 0 Å². The van der Waals surface area contributed by atoms with Crippen LogP contribution in [-0.4, -0.2) is 5.11 Å². The Hall–Kier alpha value is -0.960. The van der Waals surface area contributed by atoms with Crippen molar-refractivity contribution in [2.75, 3.05) is 0 Å². The molecule has 1 aromatic carbocycles. The van der Waals surface area contributed by atoms with Crippen LogP contribution in [0.4, 0.5) is 8.78 Å². The first kappa shape index (κ1) is 11.1. The van der Waals surface area contributed by atoms with Crippen LogP contribution in [0.3, 0.4) is 0 Å². The normalized spacial score (nSPS) is 33.0. The first-order valence-electron chi connectivity index (χ1n) is 6.32. The number of benzene rings is 1. The van der Waals surface area contributed by atoms with Crippen LogP contribution in [0.15, 0.2) is 18.2 Å². The van der Waals surface area contributed by atoms with E-state index < -0.39 is 17.7 Å². The van der Waals surface area contributed by atoms with Gasteiger partial charge in [-0.25, -0.2) is 8.78 Å². The van der Waals surface area contributed by atoms with Crippen LogP contribution in [0.5, 0.6) is 0 Å². The van der Waals surface area contributed by atoms with Gasteiger partial charge in [-0.1, -0.05) is 18.9 Å². The molecule has 0 aromatic heterocycles. The highest BCUT2D eigenvalue weighted by Gasteiger charge is 2.54. The molecule has 0 bridgehead atoms. The Labute approximate surface area is 99.5 Å². The van der Waals surface area contributed by atoms with Gasteiger partial charge in [0.2, 0.25) is 0 Å². The van der Waals surface area contributed by atoms with E-state index in [9.17, 15) is 13.9 Å². The predicted octanol–water partition coefficient (Wildman–Crippen LogP) is 3.43. The predicted molar refractivity (Wildman–Crippen MR) is 60.3 cm³/mol. The summed E-state index contributed by atoms with van der Waals surface area (Å²) in [5, 5.41) is 10.2. The number of fused-ring (bicyclic) bond motifs is 1. The summed E-state index contributed by atoms with van der Waals surface area (Å²) in [4.78, 5) is 0. The fourth-order valence-electron chi connectivity index (χ4n) is 3.50. The van der Waals surface area contributed by atoms with E-state index in [0.717, 1.165) is 12.8 Å². The van der Waals surface area contributed by atoms with Gasteiger partial charge in [0, 0.05) is 0 Å². The lowest BCUT2D eigenvalue weighted by Crippen LogP contribution is -2.07. The summed E-state index contributed by atoms with van der Waals surface area (Å²) in [6.45, 7) is 0. The molecule has 2 fully saturated rings. The van der Waals surface area contributed by atoms with Crippen molar-refractivity contribution in [2.24, 2.45) is 17.8 Å². The topological polar surface area (TPSA) is 20.2 Å². The SMILES string of the molecule is OC(c1c(F)cccc1F)C1C2CCCCC21. The second kappa shape index (κ2) is 4.05. The Bertz CT molecular complexity index is 400. The fourth-order valence-corrected chi connectivity index (χ4v) is 3.50. The number of rotatable bonds is 2. The third kappa shape index (κ3) is 1.77. The largest absolute Gasteiger partial charge is 0.388 e. The zero-order valence-corrected chi connectivity index (χ0v) is 9.57. The summed E-state index contributed by atoms with van der Waals surface area (Å²) in [5.41, 5.74) is -0.133. The van der Waals surface area contributed by atoms with Gasteiger partial charge < -0.3 is 5.11 Å². The van der Waals surface area contributed by atoms with Crippen molar-refractivity contribution >= 4 is 0 Å². The lowest BCUT2D eigenvalue weighted by Gasteiger charge is -2.12. The fraction of sp³-hybridized carbons (Fsp3) is 0.571. The summed E-state index contributed by atoms with van der Waals surface area (Å²) in [6.07, 6.45) is 3.60. The first-order chi connectivity index (χ1) is 8.20. The quantitative estimate of drug-likeness (QED) is 0.836. The zero-order chi connectivity index (χ0) is 12.0. The Kier molecular flexibility index (Phi) is 2.66. The third-order valence-electron chi connectivity index (χ3n) is 4.38. The van der Waals surface area contributed by atoms with Gasteiger partial charge in [0.15, 0.2) is 0 Å². The van der Waals surface area contributed by atoms with E-state index in [4.69, 9.17) is 0 Å². The van der Waals surface area contributed by atoms with Crippen LogP contribution < -0.4 is 0 Å². The monoisotopic (exact) mass is 238 g/mol. The minimum atomic E-state index is -0.968. The molecule has 1 N–H and O–H groups in total. The lowest BCUT2D eigenvalue weighted by molar-refractivity contribution is 0.133. The van der Waals surface area contributed by atoms with Crippen LogP contribution in [0.2, 0.25) is 0 Å². The maximum Gasteiger partial charge on any atom is 0.131 e. The average Bonchev–Trinajstić information content (AvgIpc) is 3.02. The summed E-state index contributed by atoms with van der Waals surface area (Å²) < 4.78 is 27.1. The maximum absolute atomic E-state index is 13.6. The van der Waals surface area contributed by atoms with Gasteiger partial charge in [0.05, 0.1) is 11.7 Å². The summed E-state index contributed by atoms with van der Waals surface area (Å²) in [5.74, 6) is -0.207. The van der Waals surface area contributed by atoms with Crippen LogP contribution in [0.25, 0.3) is 0 Å². The molecule has 1 nitrogen and oxygen atoms in total. The first-order valence-corrected chi connectivity index (χ1v) is 6.32. The molecule has 17 heavy (non-hydrogen) atoms.